The number of hydrogen-bond donors (Lipinski definition) is 5. The van der Waals surface area contributed by atoms with E-state index in [1.54, 1.807) is 0 Å². The van der Waals surface area contributed by atoms with Crippen LogP contribution in [0.5, 0.6) is 0 Å². The van der Waals surface area contributed by atoms with Gasteiger partial charge < -0.3 is 35.6 Å². The number of H-pyrrole nitrogens is 1. The third-order valence-corrected chi connectivity index (χ3v) is 4.38. The van der Waals surface area contributed by atoms with Crippen molar-refractivity contribution in [1.29, 1.82) is 0 Å². The number of nitrogens with zero attached hydrogens (tertiary/aromatic N) is 3. The minimum Gasteiger partial charge on any atom is -0.394 e. The first-order valence-electron chi connectivity index (χ1n) is 8.46. The molecule has 2 aliphatic heterocycles. The fourth-order valence-corrected chi connectivity index (χ4v) is 2.88. The molecule has 1 aromatic rings. The zero-order chi connectivity index (χ0) is 18.7. The molecule has 2 fully saturated rings. The molecule has 3 heterocycles. The van der Waals surface area contributed by atoms with E-state index in [0.717, 1.165) is 13.1 Å². The fraction of sp³-hybridized carbons (Fsp3) is 0.667. The van der Waals surface area contributed by atoms with Crippen molar-refractivity contribution in [1.82, 2.24) is 14.9 Å². The predicted octanol–water partition coefficient (Wildman–Crippen LogP) is -1.39. The molecule has 6 N–H and O–H groups in total. The van der Waals surface area contributed by atoms with Crippen molar-refractivity contribution in [2.75, 3.05) is 44.0 Å². The molecule has 11 heteroatoms. The number of nitrogen functional groups attached to an aromatic ring is 1. The second-order valence-electron chi connectivity index (χ2n) is 6.20. The van der Waals surface area contributed by atoms with Gasteiger partial charge in [0.1, 0.15) is 23.9 Å². The molecule has 2 aliphatic rings. The number of ether oxygens (including phenoxy) is 2. The zero-order valence-electron chi connectivity index (χ0n) is 14.5. The average molecular weight is 368 g/mol. The summed E-state index contributed by atoms with van der Waals surface area (Å²) in [6, 6.07) is 0. The maximum Gasteiger partial charge on any atom is 0.277 e. The average Bonchev–Trinajstić information content (AvgIpc) is 2.99. The fourth-order valence-electron chi connectivity index (χ4n) is 2.88. The molecule has 1 aromatic heterocycles. The molecule has 26 heavy (non-hydrogen) atoms. The lowest BCUT2D eigenvalue weighted by Crippen LogP contribution is -2.39. The highest BCUT2D eigenvalue weighted by Crippen LogP contribution is 2.23. The summed E-state index contributed by atoms with van der Waals surface area (Å²) >= 11 is 0. The van der Waals surface area contributed by atoms with E-state index >= 15 is 0 Å². The monoisotopic (exact) mass is 368 g/mol. The summed E-state index contributed by atoms with van der Waals surface area (Å²) in [6.07, 6.45) is -1.86. The van der Waals surface area contributed by atoms with Crippen LogP contribution in [0.4, 0.5) is 17.5 Å². The smallest absolute Gasteiger partial charge is 0.277 e. The zero-order valence-corrected chi connectivity index (χ0v) is 14.5. The van der Waals surface area contributed by atoms with E-state index in [-0.39, 0.29) is 30.5 Å². The number of rotatable bonds is 4. The van der Waals surface area contributed by atoms with Crippen molar-refractivity contribution in [2.45, 2.75) is 31.8 Å². The van der Waals surface area contributed by atoms with Crippen molar-refractivity contribution in [3.05, 3.63) is 10.4 Å². The van der Waals surface area contributed by atoms with Crippen molar-refractivity contribution in [3.8, 4) is 0 Å². The van der Waals surface area contributed by atoms with Crippen LogP contribution in [0.1, 0.15) is 13.3 Å². The van der Waals surface area contributed by atoms with Crippen molar-refractivity contribution in [2.24, 2.45) is 4.99 Å². The number of aliphatic imine (C=N–C) groups is 1. The lowest BCUT2D eigenvalue weighted by atomic mass is 10.2. The molecular weight excluding hydrogens is 344 g/mol. The van der Waals surface area contributed by atoms with Gasteiger partial charge in [-0.3, -0.25) is 9.78 Å². The van der Waals surface area contributed by atoms with Crippen LogP contribution in [0.15, 0.2) is 9.79 Å². The predicted molar refractivity (Wildman–Crippen MR) is 94.4 cm³/mol. The summed E-state index contributed by atoms with van der Waals surface area (Å²) in [4.78, 5) is 25.3. The molecule has 11 nitrogen and oxygen atoms in total. The number of aromatic amines is 1. The number of aliphatic hydroxyl groups excluding tert-OH is 2. The molecule has 0 bridgehead atoms. The van der Waals surface area contributed by atoms with E-state index in [0.29, 0.717) is 19.0 Å². The highest BCUT2D eigenvalue weighted by Gasteiger charge is 2.34. The van der Waals surface area contributed by atoms with Gasteiger partial charge in [0.05, 0.1) is 25.9 Å². The number of morpholine rings is 1. The maximum absolute atomic E-state index is 12.1. The van der Waals surface area contributed by atoms with E-state index in [1.165, 1.54) is 0 Å². The molecule has 0 saturated carbocycles. The van der Waals surface area contributed by atoms with Crippen LogP contribution >= 0.6 is 0 Å². The second-order valence-corrected chi connectivity index (χ2v) is 6.20. The van der Waals surface area contributed by atoms with Crippen LogP contribution in [0.2, 0.25) is 0 Å². The highest BCUT2D eigenvalue weighted by atomic mass is 16.5. The van der Waals surface area contributed by atoms with Crippen molar-refractivity contribution in [3.63, 3.8) is 0 Å². The van der Waals surface area contributed by atoms with Gasteiger partial charge in [-0.1, -0.05) is 0 Å². The second kappa shape index (κ2) is 7.99. The molecule has 144 valence electrons. The van der Waals surface area contributed by atoms with Gasteiger partial charge in [0, 0.05) is 19.5 Å². The number of aromatic nitrogens is 2. The lowest BCUT2D eigenvalue weighted by Gasteiger charge is -2.28. The summed E-state index contributed by atoms with van der Waals surface area (Å²) < 4.78 is 10.8. The minimum atomic E-state index is -0.804. The third kappa shape index (κ3) is 4.12. The Balaban J connectivity index is 1.78. The molecule has 0 unspecified atom stereocenters. The van der Waals surface area contributed by atoms with E-state index in [9.17, 15) is 9.90 Å². The topological polar surface area (TPSA) is 158 Å². The number of aliphatic hydroxyl groups is 2. The molecule has 3 atom stereocenters. The lowest BCUT2D eigenvalue weighted by molar-refractivity contribution is -0.0149. The quantitative estimate of drug-likeness (QED) is 0.319. The van der Waals surface area contributed by atoms with Crippen molar-refractivity contribution >= 4 is 23.3 Å². The van der Waals surface area contributed by atoms with E-state index < -0.39 is 24.0 Å². The summed E-state index contributed by atoms with van der Waals surface area (Å²) in [7, 11) is 0. The van der Waals surface area contributed by atoms with Gasteiger partial charge in [0.15, 0.2) is 5.82 Å². The van der Waals surface area contributed by atoms with Crippen molar-refractivity contribution < 1.29 is 19.7 Å². The molecular formula is C15H24N6O5. The van der Waals surface area contributed by atoms with Gasteiger partial charge in [-0.25, -0.2) is 4.99 Å². The van der Waals surface area contributed by atoms with E-state index in [4.69, 9.17) is 20.3 Å². The van der Waals surface area contributed by atoms with Crippen LogP contribution in [0.3, 0.4) is 0 Å². The molecule has 2 saturated heterocycles. The minimum absolute atomic E-state index is 0.0986. The molecule has 3 rings (SSSR count). The molecule has 0 aliphatic carbocycles. The SMILES string of the molecule is CC(=Nc1nc(N[C@H]2C[C@@H](O)[C@@H](CO)O2)c(N)c(=O)[nH]1)N1CCOCC1. The number of amidine groups is 1. The molecule has 0 radical (unpaired) electrons. The highest BCUT2D eigenvalue weighted by molar-refractivity contribution is 5.82. The van der Waals surface area contributed by atoms with Crippen LogP contribution in [0.25, 0.3) is 0 Å². The standard InChI is InChI=1S/C15H24N6O5/c1-8(21-2-4-25-5-3-21)17-15-19-13(12(16)14(24)20-15)18-11-6-9(23)10(7-22)26-11/h9-11,22-23H,2-7,16H2,1H3,(H2,18,19,20,24)/t9-,10-,11-/m1/s1. The number of nitrogens with one attached hydrogen (secondary N) is 2. The first-order chi connectivity index (χ1) is 12.5. The Bertz CT molecular complexity index is 717. The Kier molecular flexibility index (Phi) is 5.71. The summed E-state index contributed by atoms with van der Waals surface area (Å²) in [6.45, 7) is 4.21. The largest absolute Gasteiger partial charge is 0.394 e. The Morgan fingerprint density at radius 1 is 1.50 bits per heavy atom. The Morgan fingerprint density at radius 3 is 2.88 bits per heavy atom. The summed E-state index contributed by atoms with van der Waals surface area (Å²) in [5, 5.41) is 21.8. The number of nitrogens with two attached hydrogens (primary N) is 1. The van der Waals surface area contributed by atoms with Gasteiger partial charge in [-0.15, -0.1) is 0 Å². The maximum atomic E-state index is 12.1. The Hall–Kier alpha value is -2.21. The molecule has 0 aromatic carbocycles. The normalized spacial score (nSPS) is 27.0. The molecule has 0 amide bonds. The summed E-state index contributed by atoms with van der Waals surface area (Å²) in [5.74, 6) is 0.950. The van der Waals surface area contributed by atoms with Crippen LogP contribution in [-0.4, -0.2) is 82.3 Å². The number of anilines is 2. The van der Waals surface area contributed by atoms with Gasteiger partial charge in [0.25, 0.3) is 5.56 Å². The first kappa shape index (κ1) is 18.6. The number of hydrogen-bond acceptors (Lipinski definition) is 9. The van der Waals surface area contributed by atoms with Crippen LogP contribution < -0.4 is 16.6 Å². The Labute approximate surface area is 149 Å². The Morgan fingerprint density at radius 2 is 2.23 bits per heavy atom. The first-order valence-corrected chi connectivity index (χ1v) is 8.46. The van der Waals surface area contributed by atoms with Crippen LogP contribution in [0, 0.1) is 0 Å². The van der Waals surface area contributed by atoms with Gasteiger partial charge >= 0.3 is 0 Å². The third-order valence-electron chi connectivity index (χ3n) is 4.38. The van der Waals surface area contributed by atoms with E-state index in [1.807, 2.05) is 11.8 Å². The van der Waals surface area contributed by atoms with E-state index in [2.05, 4.69) is 20.3 Å². The van der Waals surface area contributed by atoms with Gasteiger partial charge in [-0.05, 0) is 6.92 Å². The van der Waals surface area contributed by atoms with Gasteiger partial charge in [0.2, 0.25) is 5.95 Å². The molecule has 0 spiro atoms. The van der Waals surface area contributed by atoms with Crippen LogP contribution in [-0.2, 0) is 9.47 Å². The summed E-state index contributed by atoms with van der Waals surface area (Å²) in [5.41, 5.74) is 5.17. The van der Waals surface area contributed by atoms with Gasteiger partial charge in [-0.2, -0.15) is 4.98 Å².